The number of hydrogen-bond acceptors (Lipinski definition) is 5. The highest BCUT2D eigenvalue weighted by Crippen LogP contribution is 2.47. The second-order valence-corrected chi connectivity index (χ2v) is 10.9. The van der Waals surface area contributed by atoms with Gasteiger partial charge in [-0.15, -0.1) is 0 Å². The van der Waals surface area contributed by atoms with E-state index in [0.717, 1.165) is 28.8 Å². The first kappa shape index (κ1) is 29.0. The average Bonchev–Trinajstić information content (AvgIpc) is 3.47. The normalized spacial score (nSPS) is 17.5. The third-order valence-corrected chi connectivity index (χ3v) is 8.36. The molecule has 0 saturated carbocycles. The Morgan fingerprint density at radius 1 is 1.07 bits per heavy atom. The number of benzene rings is 2. The minimum atomic E-state index is -1.03. The van der Waals surface area contributed by atoms with Gasteiger partial charge in [0.2, 0.25) is 17.7 Å². The Morgan fingerprint density at radius 2 is 1.79 bits per heavy atom. The number of aldehydes is 1. The predicted molar refractivity (Wildman–Crippen MR) is 153 cm³/mol. The van der Waals surface area contributed by atoms with Crippen molar-refractivity contribution in [3.05, 3.63) is 88.6 Å². The molecule has 3 aromatic rings. The van der Waals surface area contributed by atoms with Crippen LogP contribution >= 0.6 is 0 Å². The molecule has 0 saturated heterocycles. The van der Waals surface area contributed by atoms with Crippen LogP contribution in [0.15, 0.2) is 54.7 Å². The molecule has 2 aliphatic rings. The van der Waals surface area contributed by atoms with Crippen molar-refractivity contribution in [2.24, 2.45) is 5.92 Å². The van der Waals surface area contributed by atoms with E-state index in [-0.39, 0.29) is 23.8 Å². The van der Waals surface area contributed by atoms with Crippen LogP contribution in [0.25, 0.3) is 0 Å². The molecule has 1 aliphatic heterocycles. The molecule has 0 bridgehead atoms. The van der Waals surface area contributed by atoms with Gasteiger partial charge in [0.25, 0.3) is 0 Å². The van der Waals surface area contributed by atoms with E-state index in [1.54, 1.807) is 18.3 Å². The molecule has 5 rings (SSSR count). The molecule has 2 unspecified atom stereocenters. The van der Waals surface area contributed by atoms with Gasteiger partial charge in [0, 0.05) is 35.9 Å². The number of aromatic nitrogens is 1. The van der Waals surface area contributed by atoms with Gasteiger partial charge in [0.1, 0.15) is 30.3 Å². The number of hydrogen-bond donors (Lipinski definition) is 2. The van der Waals surface area contributed by atoms with Crippen LogP contribution in [0.2, 0.25) is 0 Å². The van der Waals surface area contributed by atoms with Gasteiger partial charge in [0.05, 0.1) is 11.5 Å². The molecule has 2 heterocycles. The second-order valence-electron chi connectivity index (χ2n) is 10.9. The van der Waals surface area contributed by atoms with Gasteiger partial charge >= 0.3 is 0 Å². The van der Waals surface area contributed by atoms with Gasteiger partial charge in [-0.3, -0.25) is 14.4 Å². The molecule has 42 heavy (non-hydrogen) atoms. The molecular formula is C32H32F2N4O4. The molecule has 1 spiro atoms. The van der Waals surface area contributed by atoms with E-state index >= 15 is 0 Å². The number of amides is 3. The van der Waals surface area contributed by atoms with Gasteiger partial charge in [-0.2, -0.15) is 0 Å². The van der Waals surface area contributed by atoms with Gasteiger partial charge in [-0.05, 0) is 72.7 Å². The van der Waals surface area contributed by atoms with Crippen molar-refractivity contribution in [3.63, 3.8) is 0 Å². The van der Waals surface area contributed by atoms with Crippen LogP contribution in [-0.4, -0.2) is 40.4 Å². The van der Waals surface area contributed by atoms with E-state index in [0.29, 0.717) is 49.5 Å². The standard InChI is InChI=1S/C32H32F2N4O4/c1-3-19(4-2)30(41)38(27(9-11-39)21-12-23(33)15-24(34)13-21)18-28(40)36-25-8-7-20-16-32(17-22(20)14-25)26-6-5-10-35-29(26)37-31(32)42/h5-8,10-15,19,27H,3-4,9,16-18H2,1-2H3,(H,36,40)(H,35,37,42). The number of nitrogens with one attached hydrogen (secondary N) is 2. The molecule has 3 amide bonds. The minimum absolute atomic E-state index is 0.0964. The number of nitrogens with zero attached hydrogens (tertiary/aromatic N) is 2. The third kappa shape index (κ3) is 5.41. The van der Waals surface area contributed by atoms with Crippen LogP contribution in [0, 0.1) is 17.6 Å². The lowest BCUT2D eigenvalue weighted by molar-refractivity contribution is -0.141. The molecule has 1 aromatic heterocycles. The fourth-order valence-corrected chi connectivity index (χ4v) is 6.22. The molecule has 2 N–H and O–H groups in total. The first-order chi connectivity index (χ1) is 20.2. The smallest absolute Gasteiger partial charge is 0.244 e. The van der Waals surface area contributed by atoms with Crippen molar-refractivity contribution in [1.29, 1.82) is 0 Å². The summed E-state index contributed by atoms with van der Waals surface area (Å²) in [6.45, 7) is 3.27. The second kappa shape index (κ2) is 11.8. The summed E-state index contributed by atoms with van der Waals surface area (Å²) in [5.74, 6) is -2.56. The molecule has 0 fully saturated rings. The number of rotatable bonds is 10. The zero-order chi connectivity index (χ0) is 30.0. The van der Waals surface area contributed by atoms with E-state index < -0.39 is 41.5 Å². The van der Waals surface area contributed by atoms with Crippen LogP contribution in [0.4, 0.5) is 20.3 Å². The average molecular weight is 575 g/mol. The van der Waals surface area contributed by atoms with Crippen LogP contribution in [0.1, 0.15) is 61.4 Å². The van der Waals surface area contributed by atoms with E-state index in [2.05, 4.69) is 15.6 Å². The van der Waals surface area contributed by atoms with E-state index in [1.807, 2.05) is 32.0 Å². The minimum Gasteiger partial charge on any atom is -0.326 e. The summed E-state index contributed by atoms with van der Waals surface area (Å²) in [6, 6.07) is 11.0. The Morgan fingerprint density at radius 3 is 2.48 bits per heavy atom. The van der Waals surface area contributed by atoms with Crippen molar-refractivity contribution in [1.82, 2.24) is 9.88 Å². The van der Waals surface area contributed by atoms with E-state index in [1.165, 1.54) is 4.90 Å². The third-order valence-electron chi connectivity index (χ3n) is 8.36. The zero-order valence-corrected chi connectivity index (χ0v) is 23.5. The number of halogens is 2. The maximum absolute atomic E-state index is 14.1. The summed E-state index contributed by atoms with van der Waals surface area (Å²) in [5, 5.41) is 5.71. The number of anilines is 2. The lowest BCUT2D eigenvalue weighted by Crippen LogP contribution is -2.43. The Labute approximate surface area is 242 Å². The molecule has 0 radical (unpaired) electrons. The molecule has 10 heteroatoms. The molecular weight excluding hydrogens is 542 g/mol. The summed E-state index contributed by atoms with van der Waals surface area (Å²) < 4.78 is 28.2. The van der Waals surface area contributed by atoms with E-state index in [9.17, 15) is 28.0 Å². The highest BCUT2D eigenvalue weighted by molar-refractivity contribution is 6.06. The van der Waals surface area contributed by atoms with Crippen LogP contribution in [0.3, 0.4) is 0 Å². The van der Waals surface area contributed by atoms with Gasteiger partial charge in [-0.1, -0.05) is 26.0 Å². The topological polar surface area (TPSA) is 108 Å². The molecule has 8 nitrogen and oxygen atoms in total. The fraction of sp³-hybridized carbons (Fsp3) is 0.344. The van der Waals surface area contributed by atoms with Crippen molar-refractivity contribution in [2.75, 3.05) is 17.2 Å². The Bertz CT molecular complexity index is 1540. The monoisotopic (exact) mass is 574 g/mol. The van der Waals surface area contributed by atoms with Crippen LogP contribution < -0.4 is 10.6 Å². The molecule has 1 aliphatic carbocycles. The van der Waals surface area contributed by atoms with Crippen molar-refractivity contribution >= 4 is 35.5 Å². The molecule has 218 valence electrons. The number of carbonyl (C=O) groups is 4. The Kier molecular flexibility index (Phi) is 8.15. The Hall–Kier alpha value is -4.47. The molecule has 2 atom stereocenters. The van der Waals surface area contributed by atoms with Crippen molar-refractivity contribution in [3.8, 4) is 0 Å². The Balaban J connectivity index is 1.39. The summed E-state index contributed by atoms with van der Waals surface area (Å²) in [6.07, 6.45) is 3.92. The van der Waals surface area contributed by atoms with Crippen molar-refractivity contribution < 1.29 is 28.0 Å². The maximum atomic E-state index is 14.1. The van der Waals surface area contributed by atoms with Crippen molar-refractivity contribution in [2.45, 2.75) is 57.4 Å². The summed E-state index contributed by atoms with van der Waals surface area (Å²) in [4.78, 5) is 57.1. The highest BCUT2D eigenvalue weighted by atomic mass is 19.1. The van der Waals surface area contributed by atoms with Gasteiger partial charge < -0.3 is 20.3 Å². The van der Waals surface area contributed by atoms with Gasteiger partial charge in [-0.25, -0.2) is 13.8 Å². The quantitative estimate of drug-likeness (QED) is 0.336. The lowest BCUT2D eigenvalue weighted by Gasteiger charge is -2.33. The predicted octanol–water partition coefficient (Wildman–Crippen LogP) is 4.88. The van der Waals surface area contributed by atoms with Gasteiger partial charge in [0.15, 0.2) is 0 Å². The molecule has 2 aromatic carbocycles. The highest BCUT2D eigenvalue weighted by Gasteiger charge is 2.51. The fourth-order valence-electron chi connectivity index (χ4n) is 6.22. The largest absolute Gasteiger partial charge is 0.326 e. The number of pyridine rings is 1. The zero-order valence-electron chi connectivity index (χ0n) is 23.5. The summed E-state index contributed by atoms with van der Waals surface area (Å²) in [7, 11) is 0. The van der Waals surface area contributed by atoms with Crippen LogP contribution in [-0.2, 0) is 37.4 Å². The SMILES string of the molecule is CCC(CC)C(=O)N(CC(=O)Nc1ccc2c(c1)CC1(C2)C(=O)Nc2ncccc21)C(CC=O)c1cc(F)cc(F)c1. The maximum Gasteiger partial charge on any atom is 0.244 e. The first-order valence-electron chi connectivity index (χ1n) is 14.1. The number of fused-ring (bicyclic) bond motifs is 3. The van der Waals surface area contributed by atoms with Crippen LogP contribution in [0.5, 0.6) is 0 Å². The summed E-state index contributed by atoms with van der Waals surface area (Å²) >= 11 is 0. The summed E-state index contributed by atoms with van der Waals surface area (Å²) in [5.41, 5.74) is 2.58. The number of carbonyl (C=O) groups excluding carboxylic acids is 4. The van der Waals surface area contributed by atoms with E-state index in [4.69, 9.17) is 0 Å². The first-order valence-corrected chi connectivity index (χ1v) is 14.1. The lowest BCUT2D eigenvalue weighted by atomic mass is 9.79.